The summed E-state index contributed by atoms with van der Waals surface area (Å²) in [7, 11) is 0. The molecule has 1 aromatic carbocycles. The van der Waals surface area contributed by atoms with Crippen molar-refractivity contribution in [1.82, 2.24) is 9.58 Å². The third kappa shape index (κ3) is 3.37. The summed E-state index contributed by atoms with van der Waals surface area (Å²) in [6.07, 6.45) is 5.67. The Morgan fingerprint density at radius 1 is 1.12 bits per heavy atom. The van der Waals surface area contributed by atoms with Gasteiger partial charge in [0.15, 0.2) is 6.10 Å². The van der Waals surface area contributed by atoms with Crippen LogP contribution in [0.1, 0.15) is 30.3 Å². The number of amides is 2. The van der Waals surface area contributed by atoms with E-state index < -0.39 is 12.1 Å². The van der Waals surface area contributed by atoms with E-state index >= 15 is 0 Å². The molecule has 0 radical (unpaired) electrons. The lowest BCUT2D eigenvalue weighted by Gasteiger charge is -2.13. The van der Waals surface area contributed by atoms with E-state index in [1.165, 1.54) is 6.92 Å². The third-order valence-electron chi connectivity index (χ3n) is 6.99. The molecular formula is C25H25N3O5. The van der Waals surface area contributed by atoms with Gasteiger partial charge in [0.25, 0.3) is 11.8 Å². The van der Waals surface area contributed by atoms with Crippen LogP contribution in [-0.2, 0) is 14.4 Å². The largest absolute Gasteiger partial charge is 0.479 e. The minimum atomic E-state index is -1.03. The average Bonchev–Trinajstić information content (AvgIpc) is 3.52. The molecule has 1 saturated heterocycles. The predicted molar refractivity (Wildman–Crippen MR) is 120 cm³/mol. The molecule has 2 fully saturated rings. The van der Waals surface area contributed by atoms with Gasteiger partial charge in [-0.05, 0) is 69.4 Å². The SMILES string of the molecule is Cc1cc(C=NN2C(=O)C3C4C=CC(C4)C3C2=O)c(C)n1-c1ccc(OC(C)C(=O)O)cc1. The van der Waals surface area contributed by atoms with Crippen molar-refractivity contribution in [3.63, 3.8) is 0 Å². The molecule has 2 aliphatic carbocycles. The monoisotopic (exact) mass is 447 g/mol. The lowest BCUT2D eigenvalue weighted by molar-refractivity contribution is -0.144. The average molecular weight is 447 g/mol. The van der Waals surface area contributed by atoms with Crippen molar-refractivity contribution in [2.45, 2.75) is 33.3 Å². The third-order valence-corrected chi connectivity index (χ3v) is 6.99. The Hall–Kier alpha value is -3.68. The highest BCUT2D eigenvalue weighted by Crippen LogP contribution is 2.52. The van der Waals surface area contributed by atoms with Gasteiger partial charge in [0.1, 0.15) is 5.75 Å². The molecule has 1 saturated carbocycles. The summed E-state index contributed by atoms with van der Waals surface area (Å²) >= 11 is 0. The second-order valence-corrected chi connectivity index (χ2v) is 8.99. The number of benzene rings is 1. The zero-order valence-electron chi connectivity index (χ0n) is 18.6. The molecular weight excluding hydrogens is 422 g/mol. The van der Waals surface area contributed by atoms with Gasteiger partial charge in [0.2, 0.25) is 0 Å². The number of carboxylic acid groups (broad SMARTS) is 1. The van der Waals surface area contributed by atoms with Gasteiger partial charge >= 0.3 is 5.97 Å². The number of allylic oxidation sites excluding steroid dienone is 2. The summed E-state index contributed by atoms with van der Waals surface area (Å²) in [5, 5.41) is 14.4. The molecule has 2 bridgehead atoms. The number of fused-ring (bicyclic) bond motifs is 5. The van der Waals surface area contributed by atoms with Gasteiger partial charge in [-0.2, -0.15) is 10.1 Å². The number of aliphatic carboxylic acids is 1. The number of rotatable bonds is 6. The summed E-state index contributed by atoms with van der Waals surface area (Å²) in [5.74, 6) is -1.15. The van der Waals surface area contributed by atoms with Crippen LogP contribution in [0, 0.1) is 37.5 Å². The number of hydrogen-bond acceptors (Lipinski definition) is 5. The van der Waals surface area contributed by atoms with E-state index in [4.69, 9.17) is 9.84 Å². The second-order valence-electron chi connectivity index (χ2n) is 8.99. The number of ether oxygens (including phenoxy) is 1. The van der Waals surface area contributed by atoms with Crippen LogP contribution < -0.4 is 4.74 Å². The first-order valence-corrected chi connectivity index (χ1v) is 11.0. The Morgan fingerprint density at radius 2 is 1.73 bits per heavy atom. The Kier molecular flexibility index (Phi) is 4.96. The highest BCUT2D eigenvalue weighted by Gasteiger charge is 2.59. The quantitative estimate of drug-likeness (QED) is 0.417. The molecule has 2 aromatic rings. The number of imide groups is 1. The smallest absolute Gasteiger partial charge is 0.344 e. The standard InChI is InChI=1S/C25H25N3O5/c1-13-10-18(12-26-28-23(29)21-16-4-5-17(11-16)22(21)24(28)30)14(2)27(13)19-6-8-20(9-7-19)33-15(3)25(31)32/h4-10,12,15-17,21-22H,11H2,1-3H3,(H,31,32). The Morgan fingerprint density at radius 3 is 2.30 bits per heavy atom. The maximum atomic E-state index is 12.8. The van der Waals surface area contributed by atoms with Crippen LogP contribution in [-0.4, -0.2) is 44.8 Å². The summed E-state index contributed by atoms with van der Waals surface area (Å²) in [4.78, 5) is 36.7. The molecule has 1 aromatic heterocycles. The first-order valence-electron chi connectivity index (χ1n) is 11.0. The van der Waals surface area contributed by atoms with Crippen molar-refractivity contribution in [3.8, 4) is 11.4 Å². The molecule has 2 heterocycles. The fourth-order valence-corrected chi connectivity index (χ4v) is 5.36. The molecule has 8 nitrogen and oxygen atoms in total. The van der Waals surface area contributed by atoms with E-state index in [1.54, 1.807) is 18.3 Å². The molecule has 3 aliphatic rings. The molecule has 1 aliphatic heterocycles. The van der Waals surface area contributed by atoms with Crippen LogP contribution in [0.4, 0.5) is 0 Å². The maximum Gasteiger partial charge on any atom is 0.344 e. The molecule has 33 heavy (non-hydrogen) atoms. The van der Waals surface area contributed by atoms with Gasteiger partial charge in [0, 0.05) is 22.6 Å². The van der Waals surface area contributed by atoms with Crippen LogP contribution >= 0.6 is 0 Å². The van der Waals surface area contributed by atoms with Crippen molar-refractivity contribution in [2.24, 2.45) is 28.8 Å². The first kappa shape index (κ1) is 21.2. The first-order chi connectivity index (χ1) is 15.8. The number of carboxylic acids is 1. The van der Waals surface area contributed by atoms with Gasteiger partial charge in [-0.15, -0.1) is 0 Å². The van der Waals surface area contributed by atoms with E-state index in [2.05, 4.69) is 17.3 Å². The van der Waals surface area contributed by atoms with Crippen molar-refractivity contribution in [1.29, 1.82) is 0 Å². The van der Waals surface area contributed by atoms with Crippen LogP contribution in [0.25, 0.3) is 5.69 Å². The summed E-state index contributed by atoms with van der Waals surface area (Å²) in [6.45, 7) is 5.38. The molecule has 170 valence electrons. The van der Waals surface area contributed by atoms with Crippen molar-refractivity contribution < 1.29 is 24.2 Å². The molecule has 8 heteroatoms. The van der Waals surface area contributed by atoms with E-state index in [1.807, 2.05) is 36.6 Å². The van der Waals surface area contributed by atoms with Gasteiger partial charge < -0.3 is 14.4 Å². The molecule has 1 N–H and O–H groups in total. The Labute approximate surface area is 191 Å². The molecule has 2 amide bonds. The fraction of sp³-hybridized carbons (Fsp3) is 0.360. The van der Waals surface area contributed by atoms with Crippen LogP contribution in [0.5, 0.6) is 5.75 Å². The lowest BCUT2D eigenvalue weighted by atomic mass is 9.85. The minimum Gasteiger partial charge on any atom is -0.479 e. The number of carbonyl (C=O) groups is 3. The molecule has 5 rings (SSSR count). The van der Waals surface area contributed by atoms with Gasteiger partial charge in [0.05, 0.1) is 18.1 Å². The maximum absolute atomic E-state index is 12.8. The predicted octanol–water partition coefficient (Wildman–Crippen LogP) is 3.09. The van der Waals surface area contributed by atoms with Gasteiger partial charge in [-0.25, -0.2) is 4.79 Å². The number of nitrogens with zero attached hydrogens (tertiary/aromatic N) is 3. The van der Waals surface area contributed by atoms with Crippen LogP contribution in [0.3, 0.4) is 0 Å². The van der Waals surface area contributed by atoms with Crippen LogP contribution in [0.15, 0.2) is 47.6 Å². The van der Waals surface area contributed by atoms with Crippen molar-refractivity contribution in [3.05, 3.63) is 59.4 Å². The second kappa shape index (κ2) is 7.72. The van der Waals surface area contributed by atoms with Gasteiger partial charge in [-0.1, -0.05) is 12.2 Å². The summed E-state index contributed by atoms with van der Waals surface area (Å²) in [5.41, 5.74) is 3.56. The van der Waals surface area contributed by atoms with E-state index in [0.29, 0.717) is 5.75 Å². The zero-order chi connectivity index (χ0) is 23.4. The topological polar surface area (TPSA) is 101 Å². The van der Waals surface area contributed by atoms with Crippen LogP contribution in [0.2, 0.25) is 0 Å². The van der Waals surface area contributed by atoms with E-state index in [-0.39, 0.29) is 35.5 Å². The Balaban J connectivity index is 1.36. The fourth-order valence-electron chi connectivity index (χ4n) is 5.36. The lowest BCUT2D eigenvalue weighted by Crippen LogP contribution is -2.28. The molecule has 5 atom stereocenters. The van der Waals surface area contributed by atoms with Crippen molar-refractivity contribution in [2.75, 3.05) is 0 Å². The molecule has 5 unspecified atom stereocenters. The minimum absolute atomic E-state index is 0.159. The van der Waals surface area contributed by atoms with Crippen molar-refractivity contribution >= 4 is 24.0 Å². The molecule has 0 spiro atoms. The number of hydrazone groups is 1. The number of aromatic nitrogens is 1. The normalized spacial score (nSPS) is 26.5. The van der Waals surface area contributed by atoms with E-state index in [9.17, 15) is 14.4 Å². The summed E-state index contributed by atoms with van der Waals surface area (Å²) in [6, 6.07) is 9.10. The zero-order valence-corrected chi connectivity index (χ0v) is 18.6. The van der Waals surface area contributed by atoms with E-state index in [0.717, 1.165) is 34.1 Å². The highest BCUT2D eigenvalue weighted by atomic mass is 16.5. The number of aryl methyl sites for hydroxylation is 1. The van der Waals surface area contributed by atoms with Gasteiger partial charge in [-0.3, -0.25) is 9.59 Å². The highest BCUT2D eigenvalue weighted by molar-refractivity contribution is 6.06. The number of hydrogen-bond donors (Lipinski definition) is 1. The summed E-state index contributed by atoms with van der Waals surface area (Å²) < 4.78 is 7.42. The Bertz CT molecular complexity index is 1180. The number of carbonyl (C=O) groups excluding carboxylic acids is 2.